The largest absolute Gasteiger partial charge is 0.206 e. The summed E-state index contributed by atoms with van der Waals surface area (Å²) in [6.45, 7) is 0. The van der Waals surface area contributed by atoms with Crippen LogP contribution in [0.4, 0.5) is 8.78 Å². The van der Waals surface area contributed by atoms with Crippen molar-refractivity contribution in [2.75, 3.05) is 0 Å². The van der Waals surface area contributed by atoms with Crippen molar-refractivity contribution >= 4 is 22.3 Å². The molecule has 0 saturated heterocycles. The van der Waals surface area contributed by atoms with Gasteiger partial charge in [-0.15, -0.1) is 0 Å². The molecule has 6 nitrogen and oxygen atoms in total. The molecule has 0 aliphatic heterocycles. The van der Waals surface area contributed by atoms with Gasteiger partial charge in [0.2, 0.25) is 0 Å². The van der Waals surface area contributed by atoms with Crippen LogP contribution in [0.2, 0.25) is 0 Å². The Morgan fingerprint density at radius 2 is 0.841 bits per heavy atom. The summed E-state index contributed by atoms with van der Waals surface area (Å²) >= 11 is 0. The first-order chi connectivity index (χ1) is 21.4. The van der Waals surface area contributed by atoms with Gasteiger partial charge in [-0.2, -0.15) is 31.6 Å². The second kappa shape index (κ2) is 10.4. The summed E-state index contributed by atoms with van der Waals surface area (Å²) in [7, 11) is 0. The van der Waals surface area contributed by atoms with Gasteiger partial charge in [-0.3, -0.25) is 0 Å². The first-order valence-corrected chi connectivity index (χ1v) is 12.9. The third-order valence-corrected chi connectivity index (χ3v) is 7.67. The molecular weight excluding hydrogens is 554 g/mol. The zero-order valence-electron chi connectivity index (χ0n) is 22.4. The lowest BCUT2D eigenvalue weighted by atomic mass is 9.84. The Morgan fingerprint density at radius 3 is 1.16 bits per heavy atom. The van der Waals surface area contributed by atoms with Crippen molar-refractivity contribution in [1.29, 1.82) is 31.6 Å². The highest BCUT2D eigenvalue weighted by Crippen LogP contribution is 2.62. The Bertz CT molecular complexity index is 2170. The SMILES string of the molecule is N#CC(C#N)=C1C2=C(C(=C(C#N)C#N)c3cccc(-c4ccc(C#N)c(F)c4)c32)c2c1cccc2-c1ccc(C#N)c(F)c1. The topological polar surface area (TPSA) is 143 Å². The maximum Gasteiger partial charge on any atom is 0.141 e. The second-order valence-corrected chi connectivity index (χ2v) is 9.77. The van der Waals surface area contributed by atoms with E-state index in [0.29, 0.717) is 55.7 Å². The van der Waals surface area contributed by atoms with Crippen LogP contribution in [0, 0.1) is 79.6 Å². The summed E-state index contributed by atoms with van der Waals surface area (Å²) in [5.41, 5.74) is 4.12. The van der Waals surface area contributed by atoms with Gasteiger partial charge >= 0.3 is 0 Å². The van der Waals surface area contributed by atoms with Crippen molar-refractivity contribution in [3.05, 3.63) is 129 Å². The van der Waals surface area contributed by atoms with E-state index in [1.165, 1.54) is 24.3 Å². The second-order valence-electron chi connectivity index (χ2n) is 9.77. The van der Waals surface area contributed by atoms with Gasteiger partial charge in [0.05, 0.1) is 11.1 Å². The number of benzene rings is 4. The van der Waals surface area contributed by atoms with Gasteiger partial charge < -0.3 is 0 Å². The molecule has 44 heavy (non-hydrogen) atoms. The van der Waals surface area contributed by atoms with Crippen LogP contribution in [0.5, 0.6) is 0 Å². The van der Waals surface area contributed by atoms with Crippen molar-refractivity contribution < 1.29 is 8.78 Å². The minimum Gasteiger partial charge on any atom is -0.206 e. The molecule has 6 rings (SSSR count). The molecule has 8 heteroatoms. The number of hydrogen-bond acceptors (Lipinski definition) is 6. The van der Waals surface area contributed by atoms with E-state index in [1.54, 1.807) is 60.7 Å². The molecule has 0 radical (unpaired) electrons. The molecular formula is C36H12F2N6. The number of allylic oxidation sites excluding steroid dienone is 6. The molecule has 0 saturated carbocycles. The number of halogens is 2. The van der Waals surface area contributed by atoms with E-state index >= 15 is 0 Å². The van der Waals surface area contributed by atoms with Crippen molar-refractivity contribution in [2.45, 2.75) is 0 Å². The first kappa shape index (κ1) is 27.1. The van der Waals surface area contributed by atoms with Crippen LogP contribution < -0.4 is 0 Å². The van der Waals surface area contributed by atoms with Gasteiger partial charge in [0.1, 0.15) is 59.2 Å². The van der Waals surface area contributed by atoms with E-state index in [1.807, 2.05) is 24.3 Å². The summed E-state index contributed by atoms with van der Waals surface area (Å²) in [5, 5.41) is 58.8. The predicted octanol–water partition coefficient (Wildman–Crippen LogP) is 7.58. The molecule has 0 N–H and O–H groups in total. The molecule has 0 heterocycles. The summed E-state index contributed by atoms with van der Waals surface area (Å²) in [6, 6.07) is 29.8. The molecule has 4 aromatic rings. The Morgan fingerprint density at radius 1 is 0.477 bits per heavy atom. The van der Waals surface area contributed by atoms with Crippen molar-refractivity contribution in [2.24, 2.45) is 0 Å². The number of fused-ring (bicyclic) bond motifs is 4. The molecule has 0 fully saturated rings. The number of hydrogen-bond donors (Lipinski definition) is 0. The van der Waals surface area contributed by atoms with Crippen LogP contribution in [0.3, 0.4) is 0 Å². The van der Waals surface area contributed by atoms with E-state index in [4.69, 9.17) is 0 Å². The lowest BCUT2D eigenvalue weighted by Gasteiger charge is -2.17. The lowest BCUT2D eigenvalue weighted by molar-refractivity contribution is 0.624. The molecule has 4 aromatic carbocycles. The number of rotatable bonds is 2. The van der Waals surface area contributed by atoms with Crippen LogP contribution in [0.25, 0.3) is 44.5 Å². The predicted molar refractivity (Wildman–Crippen MR) is 156 cm³/mol. The van der Waals surface area contributed by atoms with E-state index in [-0.39, 0.29) is 33.4 Å². The van der Waals surface area contributed by atoms with Crippen LogP contribution in [-0.2, 0) is 0 Å². The van der Waals surface area contributed by atoms with E-state index in [9.17, 15) is 40.4 Å². The quantitative estimate of drug-likeness (QED) is 0.229. The average Bonchev–Trinajstić information content (AvgIpc) is 3.55. The molecule has 0 atom stereocenters. The third kappa shape index (κ3) is 3.79. The highest BCUT2D eigenvalue weighted by atomic mass is 19.1. The van der Waals surface area contributed by atoms with Gasteiger partial charge in [-0.1, -0.05) is 48.5 Å². The molecule has 0 amide bonds. The highest BCUT2D eigenvalue weighted by molar-refractivity contribution is 6.39. The Labute approximate surface area is 250 Å². The molecule has 200 valence electrons. The van der Waals surface area contributed by atoms with Gasteiger partial charge in [-0.25, -0.2) is 8.78 Å². The number of nitrogens with zero attached hydrogens (tertiary/aromatic N) is 6. The zero-order chi connectivity index (χ0) is 31.1. The van der Waals surface area contributed by atoms with Crippen LogP contribution in [0.1, 0.15) is 33.4 Å². The van der Waals surface area contributed by atoms with Crippen LogP contribution >= 0.6 is 0 Å². The van der Waals surface area contributed by atoms with Crippen LogP contribution in [0.15, 0.2) is 83.9 Å². The highest BCUT2D eigenvalue weighted by Gasteiger charge is 2.42. The smallest absolute Gasteiger partial charge is 0.141 e. The summed E-state index contributed by atoms with van der Waals surface area (Å²) in [6.07, 6.45) is 0. The lowest BCUT2D eigenvalue weighted by Crippen LogP contribution is -1.99. The minimum absolute atomic E-state index is 0.151. The molecule has 0 unspecified atom stereocenters. The van der Waals surface area contributed by atoms with Gasteiger partial charge in [0, 0.05) is 22.3 Å². The molecule has 2 aliphatic carbocycles. The fourth-order valence-corrected chi connectivity index (χ4v) is 5.90. The van der Waals surface area contributed by atoms with Gasteiger partial charge in [-0.05, 0) is 68.8 Å². The van der Waals surface area contributed by atoms with Crippen molar-refractivity contribution in [3.63, 3.8) is 0 Å². The normalized spacial score (nSPS) is 12.0. The van der Waals surface area contributed by atoms with Crippen molar-refractivity contribution in [3.8, 4) is 58.7 Å². The fraction of sp³-hybridized carbons (Fsp3) is 0. The Hall–Kier alpha value is -7.10. The standard InChI is InChI=1S/C36H12F2N6/c37-29-11-19(7-9-21(29)13-39)25-3-1-5-27-31(23(15-41)16-42)35-34-26(20-8-10-22(14-40)30(38)12-20)4-2-6-28(34)32(24(17-43)18-44)36(35)33(25)27/h1-12H. The maximum absolute atomic E-state index is 14.9. The monoisotopic (exact) mass is 566 g/mol. The molecule has 2 aliphatic rings. The molecule has 0 spiro atoms. The minimum atomic E-state index is -0.745. The van der Waals surface area contributed by atoms with Crippen LogP contribution in [-0.4, -0.2) is 0 Å². The third-order valence-electron chi connectivity index (χ3n) is 7.67. The summed E-state index contributed by atoms with van der Waals surface area (Å²) in [4.78, 5) is 0. The van der Waals surface area contributed by atoms with E-state index < -0.39 is 11.6 Å². The van der Waals surface area contributed by atoms with Crippen molar-refractivity contribution in [1.82, 2.24) is 0 Å². The van der Waals surface area contributed by atoms with E-state index in [0.717, 1.165) is 0 Å². The fourth-order valence-electron chi connectivity index (χ4n) is 5.90. The zero-order valence-corrected chi connectivity index (χ0v) is 22.4. The molecule has 0 bridgehead atoms. The maximum atomic E-state index is 14.9. The number of nitriles is 6. The first-order valence-electron chi connectivity index (χ1n) is 12.9. The van der Waals surface area contributed by atoms with E-state index in [2.05, 4.69) is 0 Å². The van der Waals surface area contributed by atoms with Gasteiger partial charge in [0.15, 0.2) is 0 Å². The summed E-state index contributed by atoms with van der Waals surface area (Å²) < 4.78 is 29.7. The Kier molecular flexibility index (Phi) is 6.39. The average molecular weight is 567 g/mol. The molecule has 0 aromatic heterocycles. The van der Waals surface area contributed by atoms with Gasteiger partial charge in [0.25, 0.3) is 0 Å². The Balaban J connectivity index is 1.80. The summed E-state index contributed by atoms with van der Waals surface area (Å²) in [5.74, 6) is -1.49.